The van der Waals surface area contributed by atoms with Gasteiger partial charge in [0.1, 0.15) is 6.04 Å². The molecule has 1 rings (SSSR count). The number of rotatable bonds is 7. The molecule has 1 aromatic carbocycles. The summed E-state index contributed by atoms with van der Waals surface area (Å²) in [5, 5.41) is 2.76. The molecular weight excluding hydrogens is 357 g/mol. The lowest BCUT2D eigenvalue weighted by Crippen LogP contribution is -2.47. The zero-order chi connectivity index (χ0) is 18.3. The van der Waals surface area contributed by atoms with Crippen molar-refractivity contribution in [1.82, 2.24) is 5.32 Å². The van der Waals surface area contributed by atoms with E-state index in [1.165, 1.54) is 19.2 Å². The van der Waals surface area contributed by atoms with Crippen LogP contribution in [-0.4, -0.2) is 37.6 Å². The molecule has 132 valence electrons. The molecule has 8 heteroatoms. The molecule has 0 unspecified atom stereocenters. The van der Waals surface area contributed by atoms with E-state index in [0.717, 1.165) is 0 Å². The predicted molar refractivity (Wildman–Crippen MR) is 90.1 cm³/mol. The molecule has 1 aromatic rings. The Hall–Kier alpha value is -1.79. The van der Waals surface area contributed by atoms with Gasteiger partial charge in [-0.2, -0.15) is 0 Å². The Labute approximate surface area is 150 Å². The molecule has 0 aromatic heterocycles. The van der Waals surface area contributed by atoms with Crippen LogP contribution >= 0.6 is 23.2 Å². The van der Waals surface area contributed by atoms with Crippen LogP contribution < -0.4 is 5.32 Å². The molecule has 24 heavy (non-hydrogen) atoms. The largest absolute Gasteiger partial charge is 0.467 e. The van der Waals surface area contributed by atoms with Crippen LogP contribution in [0.2, 0.25) is 10.0 Å². The summed E-state index contributed by atoms with van der Waals surface area (Å²) < 4.78 is 9.57. The number of amides is 1. The van der Waals surface area contributed by atoms with Crippen LogP contribution in [0.25, 0.3) is 0 Å². The summed E-state index contributed by atoms with van der Waals surface area (Å²) in [6.07, 6.45) is 0.665. The summed E-state index contributed by atoms with van der Waals surface area (Å²) in [6.45, 7) is 3.14. The van der Waals surface area contributed by atoms with Crippen LogP contribution in [0, 0.1) is 5.92 Å². The summed E-state index contributed by atoms with van der Waals surface area (Å²) in [7, 11) is 1.24. The third-order valence-corrected chi connectivity index (χ3v) is 4.31. The van der Waals surface area contributed by atoms with Gasteiger partial charge in [-0.1, -0.05) is 49.5 Å². The summed E-state index contributed by atoms with van der Waals surface area (Å²) in [5.74, 6) is -2.07. The maximum atomic E-state index is 12.0. The minimum Gasteiger partial charge on any atom is -0.467 e. The fourth-order valence-corrected chi connectivity index (χ4v) is 2.26. The standard InChI is InChI=1S/C16H19Cl2NO5/c1-4-9(2)14(16(22)23-3)19-12(20)8-24-15(21)10-6-5-7-11(17)13(10)18/h5-7,9,14H,4,8H2,1-3H3,(H,19,20)/t9-,14-/m1/s1. The molecule has 0 radical (unpaired) electrons. The number of esters is 2. The minimum atomic E-state index is -0.805. The minimum absolute atomic E-state index is 0.0524. The molecule has 2 atom stereocenters. The normalized spacial score (nSPS) is 12.9. The van der Waals surface area contributed by atoms with Gasteiger partial charge in [0.15, 0.2) is 6.61 Å². The zero-order valence-corrected chi connectivity index (χ0v) is 15.1. The van der Waals surface area contributed by atoms with Crippen molar-refractivity contribution in [2.45, 2.75) is 26.3 Å². The van der Waals surface area contributed by atoms with Crippen molar-refractivity contribution in [1.29, 1.82) is 0 Å². The summed E-state index contributed by atoms with van der Waals surface area (Å²) >= 11 is 11.7. The highest BCUT2D eigenvalue weighted by atomic mass is 35.5. The number of nitrogens with one attached hydrogen (secondary N) is 1. The Balaban J connectivity index is 2.66. The van der Waals surface area contributed by atoms with Crippen molar-refractivity contribution in [2.24, 2.45) is 5.92 Å². The van der Waals surface area contributed by atoms with Crippen molar-refractivity contribution in [3.63, 3.8) is 0 Å². The fourth-order valence-electron chi connectivity index (χ4n) is 1.88. The Kier molecular flexibility index (Phi) is 8.01. The zero-order valence-electron chi connectivity index (χ0n) is 13.6. The average molecular weight is 376 g/mol. The lowest BCUT2D eigenvalue weighted by atomic mass is 9.99. The van der Waals surface area contributed by atoms with Gasteiger partial charge in [-0.25, -0.2) is 9.59 Å². The second kappa shape index (κ2) is 9.49. The number of methoxy groups -OCH3 is 1. The third kappa shape index (κ3) is 5.39. The van der Waals surface area contributed by atoms with E-state index in [1.807, 2.05) is 6.92 Å². The van der Waals surface area contributed by atoms with Gasteiger partial charge in [0, 0.05) is 0 Å². The molecule has 0 heterocycles. The van der Waals surface area contributed by atoms with Gasteiger partial charge in [0.05, 0.1) is 22.7 Å². The lowest BCUT2D eigenvalue weighted by Gasteiger charge is -2.21. The van der Waals surface area contributed by atoms with Crippen LogP contribution in [-0.2, 0) is 19.1 Å². The van der Waals surface area contributed by atoms with E-state index in [0.29, 0.717) is 6.42 Å². The molecule has 1 N–H and O–H groups in total. The van der Waals surface area contributed by atoms with Crippen molar-refractivity contribution in [3.05, 3.63) is 33.8 Å². The summed E-state index contributed by atoms with van der Waals surface area (Å²) in [6, 6.07) is 3.70. The molecule has 0 aliphatic carbocycles. The van der Waals surface area contributed by atoms with Gasteiger partial charge in [0.25, 0.3) is 5.91 Å². The van der Waals surface area contributed by atoms with Crippen molar-refractivity contribution < 1.29 is 23.9 Å². The average Bonchev–Trinajstić information content (AvgIpc) is 2.58. The highest BCUT2D eigenvalue weighted by Gasteiger charge is 2.27. The van der Waals surface area contributed by atoms with E-state index in [1.54, 1.807) is 13.0 Å². The van der Waals surface area contributed by atoms with Gasteiger partial charge in [-0.15, -0.1) is 0 Å². The van der Waals surface area contributed by atoms with Crippen molar-refractivity contribution >= 4 is 41.0 Å². The molecule has 0 aliphatic heterocycles. The van der Waals surface area contributed by atoms with Crippen LogP contribution in [0.15, 0.2) is 18.2 Å². The van der Waals surface area contributed by atoms with Gasteiger partial charge < -0.3 is 14.8 Å². The first-order valence-corrected chi connectivity index (χ1v) is 8.05. The molecule has 0 spiro atoms. The lowest BCUT2D eigenvalue weighted by molar-refractivity contribution is -0.147. The van der Waals surface area contributed by atoms with E-state index < -0.39 is 30.5 Å². The molecule has 6 nitrogen and oxygen atoms in total. The van der Waals surface area contributed by atoms with Crippen LogP contribution in [0.1, 0.15) is 30.6 Å². The quantitative estimate of drug-likeness (QED) is 0.740. The summed E-state index contributed by atoms with van der Waals surface area (Å²) in [5.41, 5.74) is 0.0587. The Morgan fingerprint density at radius 1 is 1.25 bits per heavy atom. The first-order valence-electron chi connectivity index (χ1n) is 7.30. The highest BCUT2D eigenvalue weighted by Crippen LogP contribution is 2.25. The Morgan fingerprint density at radius 3 is 2.50 bits per heavy atom. The second-order valence-corrected chi connectivity index (χ2v) is 5.92. The highest BCUT2D eigenvalue weighted by molar-refractivity contribution is 6.43. The Morgan fingerprint density at radius 2 is 1.92 bits per heavy atom. The van der Waals surface area contributed by atoms with Gasteiger partial charge >= 0.3 is 11.9 Å². The SMILES string of the molecule is CC[C@@H](C)[C@@H](NC(=O)COC(=O)c1cccc(Cl)c1Cl)C(=O)OC. The monoisotopic (exact) mass is 375 g/mol. The number of carbonyl (C=O) groups is 3. The number of benzene rings is 1. The Bertz CT molecular complexity index is 620. The first-order chi connectivity index (χ1) is 11.3. The third-order valence-electron chi connectivity index (χ3n) is 3.49. The molecular formula is C16H19Cl2NO5. The molecule has 0 saturated carbocycles. The van der Waals surface area contributed by atoms with Gasteiger partial charge in [0.2, 0.25) is 0 Å². The molecule has 1 amide bonds. The molecule has 0 bridgehead atoms. The summed E-state index contributed by atoms with van der Waals surface area (Å²) in [4.78, 5) is 35.6. The smallest absolute Gasteiger partial charge is 0.340 e. The second-order valence-electron chi connectivity index (χ2n) is 5.13. The van der Waals surface area contributed by atoms with E-state index >= 15 is 0 Å². The molecule has 0 aliphatic rings. The number of carbonyl (C=O) groups excluding carboxylic acids is 3. The van der Waals surface area contributed by atoms with Crippen LogP contribution in [0.4, 0.5) is 0 Å². The number of hydrogen-bond donors (Lipinski definition) is 1. The van der Waals surface area contributed by atoms with E-state index in [2.05, 4.69) is 10.1 Å². The van der Waals surface area contributed by atoms with Gasteiger partial charge in [-0.05, 0) is 18.1 Å². The van der Waals surface area contributed by atoms with E-state index in [4.69, 9.17) is 27.9 Å². The van der Waals surface area contributed by atoms with Crippen molar-refractivity contribution in [2.75, 3.05) is 13.7 Å². The number of hydrogen-bond acceptors (Lipinski definition) is 5. The van der Waals surface area contributed by atoms with E-state index in [-0.39, 0.29) is 21.5 Å². The van der Waals surface area contributed by atoms with Crippen LogP contribution in [0.3, 0.4) is 0 Å². The number of ether oxygens (including phenoxy) is 2. The molecule has 0 fully saturated rings. The molecule has 0 saturated heterocycles. The fraction of sp³-hybridized carbons (Fsp3) is 0.438. The van der Waals surface area contributed by atoms with Crippen molar-refractivity contribution in [3.8, 4) is 0 Å². The maximum absolute atomic E-state index is 12.0. The van der Waals surface area contributed by atoms with Crippen LogP contribution in [0.5, 0.6) is 0 Å². The topological polar surface area (TPSA) is 81.7 Å². The maximum Gasteiger partial charge on any atom is 0.340 e. The first kappa shape index (κ1) is 20.3. The van der Waals surface area contributed by atoms with Gasteiger partial charge in [-0.3, -0.25) is 4.79 Å². The van der Waals surface area contributed by atoms with E-state index in [9.17, 15) is 14.4 Å². The number of halogens is 2. The predicted octanol–water partition coefficient (Wildman–Crippen LogP) is 2.85.